The van der Waals surface area contributed by atoms with Crippen LogP contribution in [0.5, 0.6) is 0 Å². The Labute approximate surface area is 165 Å². The molecule has 0 aliphatic heterocycles. The summed E-state index contributed by atoms with van der Waals surface area (Å²) in [4.78, 5) is 18.8. The summed E-state index contributed by atoms with van der Waals surface area (Å²) >= 11 is 0. The highest BCUT2D eigenvalue weighted by molar-refractivity contribution is 5.90. The maximum Gasteiger partial charge on any atom is 0.321 e. The number of nitrogens with zero attached hydrogens (tertiary/aromatic N) is 3. The van der Waals surface area contributed by atoms with Crippen LogP contribution in [0.1, 0.15) is 34.6 Å². The second-order valence-corrected chi connectivity index (χ2v) is 7.25. The van der Waals surface area contributed by atoms with Crippen LogP contribution < -0.4 is 5.32 Å². The number of amides is 2. The molecule has 2 heterocycles. The summed E-state index contributed by atoms with van der Waals surface area (Å²) in [5.74, 6) is 0. The maximum atomic E-state index is 12.7. The summed E-state index contributed by atoms with van der Waals surface area (Å²) in [6, 6.07) is 13.8. The van der Waals surface area contributed by atoms with Gasteiger partial charge in [-0.25, -0.2) is 4.79 Å². The average Bonchev–Trinajstić information content (AvgIpc) is 3.33. The fourth-order valence-corrected chi connectivity index (χ4v) is 3.69. The molecule has 1 aliphatic rings. The number of rotatable bonds is 6. The summed E-state index contributed by atoms with van der Waals surface area (Å²) in [7, 11) is 1.81. The van der Waals surface area contributed by atoms with Gasteiger partial charge in [0.2, 0.25) is 0 Å². The Morgan fingerprint density at radius 2 is 2.00 bits per heavy atom. The van der Waals surface area contributed by atoms with E-state index in [0.717, 1.165) is 54.7 Å². The average molecular weight is 375 g/mol. The van der Waals surface area contributed by atoms with Crippen LogP contribution in [-0.4, -0.2) is 33.2 Å². The predicted molar refractivity (Wildman–Crippen MR) is 109 cm³/mol. The van der Waals surface area contributed by atoms with Crippen LogP contribution in [0.2, 0.25) is 0 Å². The number of carbonyl (C=O) groups excluding carboxylic acids is 1. The van der Waals surface area contributed by atoms with E-state index < -0.39 is 0 Å². The number of fused-ring (bicyclic) bond motifs is 1. The first-order valence-electron chi connectivity index (χ1n) is 9.75. The van der Waals surface area contributed by atoms with Gasteiger partial charge in [0.1, 0.15) is 0 Å². The number of para-hydroxylation sites is 1. The highest BCUT2D eigenvalue weighted by atomic mass is 16.2. The Kier molecular flexibility index (Phi) is 5.37. The topological polar surface area (TPSA) is 73.9 Å². The van der Waals surface area contributed by atoms with Crippen molar-refractivity contribution < 1.29 is 4.79 Å². The van der Waals surface area contributed by atoms with E-state index in [9.17, 15) is 4.79 Å². The van der Waals surface area contributed by atoms with Crippen molar-refractivity contribution in [3.63, 3.8) is 0 Å². The minimum absolute atomic E-state index is 0.125. The molecule has 0 unspecified atom stereocenters. The van der Waals surface area contributed by atoms with E-state index >= 15 is 0 Å². The van der Waals surface area contributed by atoms with Gasteiger partial charge in [-0.2, -0.15) is 5.10 Å². The number of aryl methyl sites for hydroxylation is 3. The molecule has 4 rings (SSSR count). The first kappa shape index (κ1) is 18.2. The number of pyridine rings is 1. The van der Waals surface area contributed by atoms with Crippen LogP contribution in [0.3, 0.4) is 0 Å². The second kappa shape index (κ2) is 8.25. The van der Waals surface area contributed by atoms with E-state index in [1.807, 2.05) is 49.6 Å². The van der Waals surface area contributed by atoms with Crippen molar-refractivity contribution in [1.82, 2.24) is 20.1 Å². The Bertz CT molecular complexity index is 951. The molecular formula is C22H25N5O. The van der Waals surface area contributed by atoms with Crippen LogP contribution in [0.15, 0.2) is 48.7 Å². The highest BCUT2D eigenvalue weighted by Crippen LogP contribution is 2.24. The van der Waals surface area contributed by atoms with E-state index in [1.54, 1.807) is 4.90 Å². The number of aromatic amines is 1. The number of urea groups is 1. The molecule has 6 nitrogen and oxygen atoms in total. The lowest BCUT2D eigenvalue weighted by molar-refractivity contribution is 0.220. The van der Waals surface area contributed by atoms with Gasteiger partial charge >= 0.3 is 6.03 Å². The molecule has 0 saturated carbocycles. The first-order chi connectivity index (χ1) is 13.7. The van der Waals surface area contributed by atoms with Crippen molar-refractivity contribution in [3.05, 3.63) is 76.9 Å². The van der Waals surface area contributed by atoms with E-state index in [4.69, 9.17) is 0 Å². The molecule has 3 aromatic rings. The molecule has 0 radical (unpaired) electrons. The van der Waals surface area contributed by atoms with Gasteiger partial charge in [-0.05, 0) is 61.4 Å². The van der Waals surface area contributed by atoms with Crippen molar-refractivity contribution in [2.24, 2.45) is 0 Å². The summed E-state index contributed by atoms with van der Waals surface area (Å²) in [5, 5.41) is 10.6. The highest BCUT2D eigenvalue weighted by Gasteiger charge is 2.21. The summed E-state index contributed by atoms with van der Waals surface area (Å²) in [6.07, 6.45) is 6.74. The third-order valence-electron chi connectivity index (χ3n) is 5.26. The fraction of sp³-hybridized carbons (Fsp3) is 0.318. The molecule has 2 aromatic heterocycles. The van der Waals surface area contributed by atoms with E-state index in [2.05, 4.69) is 26.6 Å². The third-order valence-corrected chi connectivity index (χ3v) is 5.26. The number of hydrogen-bond donors (Lipinski definition) is 2. The van der Waals surface area contributed by atoms with Gasteiger partial charge in [0, 0.05) is 30.3 Å². The molecule has 144 valence electrons. The zero-order chi connectivity index (χ0) is 19.3. The Morgan fingerprint density at radius 1 is 1.14 bits per heavy atom. The van der Waals surface area contributed by atoms with Crippen molar-refractivity contribution >= 4 is 11.7 Å². The lowest BCUT2D eigenvalue weighted by atomic mass is 10.1. The molecule has 6 heteroatoms. The maximum absolute atomic E-state index is 12.7. The molecule has 0 saturated heterocycles. The molecule has 0 spiro atoms. The van der Waals surface area contributed by atoms with Gasteiger partial charge in [0.15, 0.2) is 0 Å². The molecule has 2 amide bonds. The van der Waals surface area contributed by atoms with Crippen LogP contribution in [0.25, 0.3) is 0 Å². The molecule has 28 heavy (non-hydrogen) atoms. The number of H-pyrrole nitrogens is 1. The van der Waals surface area contributed by atoms with Crippen molar-refractivity contribution in [2.45, 2.75) is 38.6 Å². The fourth-order valence-electron chi connectivity index (χ4n) is 3.69. The molecule has 2 N–H and O–H groups in total. The first-order valence-corrected chi connectivity index (χ1v) is 9.75. The van der Waals surface area contributed by atoms with E-state index in [1.165, 1.54) is 11.3 Å². The molecule has 0 fully saturated rings. The van der Waals surface area contributed by atoms with Crippen molar-refractivity contribution in [2.75, 3.05) is 12.4 Å². The van der Waals surface area contributed by atoms with Gasteiger partial charge in [0.05, 0.1) is 12.2 Å². The van der Waals surface area contributed by atoms with Gasteiger partial charge < -0.3 is 10.2 Å². The normalized spacial score (nSPS) is 12.6. The minimum Gasteiger partial charge on any atom is -0.322 e. The zero-order valence-corrected chi connectivity index (χ0v) is 16.1. The summed E-state index contributed by atoms with van der Waals surface area (Å²) in [5.41, 5.74) is 6.50. The number of benzene rings is 1. The Balaban J connectivity index is 1.39. The molecule has 1 aliphatic carbocycles. The number of aromatic nitrogens is 3. The van der Waals surface area contributed by atoms with Gasteiger partial charge in [0.25, 0.3) is 0 Å². The quantitative estimate of drug-likeness (QED) is 0.689. The van der Waals surface area contributed by atoms with Crippen LogP contribution in [0.4, 0.5) is 10.5 Å². The van der Waals surface area contributed by atoms with Gasteiger partial charge in [-0.1, -0.05) is 24.3 Å². The predicted octanol–water partition coefficient (Wildman–Crippen LogP) is 3.74. The van der Waals surface area contributed by atoms with Gasteiger partial charge in [-0.3, -0.25) is 10.1 Å². The summed E-state index contributed by atoms with van der Waals surface area (Å²) < 4.78 is 0. The van der Waals surface area contributed by atoms with E-state index in [0.29, 0.717) is 6.54 Å². The lowest BCUT2D eigenvalue weighted by Gasteiger charge is -2.19. The van der Waals surface area contributed by atoms with Crippen LogP contribution in [-0.2, 0) is 32.2 Å². The summed E-state index contributed by atoms with van der Waals surface area (Å²) in [6.45, 7) is 0.508. The van der Waals surface area contributed by atoms with Gasteiger partial charge in [-0.15, -0.1) is 0 Å². The molecule has 1 aromatic carbocycles. The third kappa shape index (κ3) is 4.06. The number of nitrogens with one attached hydrogen (secondary N) is 2. The minimum atomic E-state index is -0.125. The lowest BCUT2D eigenvalue weighted by Crippen LogP contribution is -2.31. The smallest absolute Gasteiger partial charge is 0.321 e. The van der Waals surface area contributed by atoms with E-state index in [-0.39, 0.29) is 6.03 Å². The largest absolute Gasteiger partial charge is 0.322 e. The molecular weight excluding hydrogens is 350 g/mol. The molecule has 0 bridgehead atoms. The Morgan fingerprint density at radius 3 is 2.86 bits per heavy atom. The Hall–Kier alpha value is -3.15. The number of carbonyl (C=O) groups is 1. The number of hydrogen-bond acceptors (Lipinski definition) is 3. The number of anilines is 1. The second-order valence-electron chi connectivity index (χ2n) is 7.25. The van der Waals surface area contributed by atoms with Crippen LogP contribution >= 0.6 is 0 Å². The zero-order valence-electron chi connectivity index (χ0n) is 16.1. The van der Waals surface area contributed by atoms with Crippen LogP contribution in [0, 0.1) is 0 Å². The molecule has 0 atom stereocenters. The SMILES string of the molecule is CN(Cc1n[nH]c2c1CCC2)C(=O)Nc1ccccc1CCc1ccccn1. The van der Waals surface area contributed by atoms with Crippen molar-refractivity contribution in [1.29, 1.82) is 0 Å². The van der Waals surface area contributed by atoms with Crippen molar-refractivity contribution in [3.8, 4) is 0 Å². The standard InChI is InChI=1S/C22H25N5O/c1-27(15-21-18-9-6-11-20(18)25-26-21)22(28)24-19-10-3-2-7-16(19)12-13-17-8-4-5-14-23-17/h2-5,7-8,10,14H,6,9,11-13,15H2,1H3,(H,24,28)(H,25,26). The monoisotopic (exact) mass is 375 g/mol.